The van der Waals surface area contributed by atoms with Crippen molar-refractivity contribution in [2.24, 2.45) is 0 Å². The lowest BCUT2D eigenvalue weighted by Gasteiger charge is -2.13. The highest BCUT2D eigenvalue weighted by Crippen LogP contribution is 2.65. The van der Waals surface area contributed by atoms with Gasteiger partial charge in [-0.3, -0.25) is 0 Å². The zero-order chi connectivity index (χ0) is 23.7. The van der Waals surface area contributed by atoms with Gasteiger partial charge in [-0.1, -0.05) is 47.0 Å². The molecule has 0 unspecified atom stereocenters. The van der Waals surface area contributed by atoms with Gasteiger partial charge in [-0.2, -0.15) is 0 Å². The minimum Gasteiger partial charge on any atom is -0.480 e. The largest absolute Gasteiger partial charge is 0.480 e. The lowest BCUT2D eigenvalue weighted by atomic mass is 10.2. The quantitative estimate of drug-likeness (QED) is 0.383. The van der Waals surface area contributed by atoms with Crippen LogP contribution in [0.15, 0.2) is 85.5 Å². The Labute approximate surface area is 225 Å². The first kappa shape index (κ1) is 26.3. The predicted octanol–water partition coefficient (Wildman–Crippen LogP) is 6.53. The van der Waals surface area contributed by atoms with Gasteiger partial charge in [-0.25, -0.2) is 9.59 Å². The molecule has 3 aliphatic rings. The number of carboxylic acids is 2. The van der Waals surface area contributed by atoms with E-state index >= 15 is 0 Å². The summed E-state index contributed by atoms with van der Waals surface area (Å²) < 4.78 is 15.8. The summed E-state index contributed by atoms with van der Waals surface area (Å²) in [5.74, 6) is -1.91. The van der Waals surface area contributed by atoms with Crippen LogP contribution in [-0.2, 0) is 9.47 Å². The van der Waals surface area contributed by atoms with Crippen molar-refractivity contribution < 1.29 is 34.8 Å². The van der Waals surface area contributed by atoms with Crippen molar-refractivity contribution in [3.63, 3.8) is 0 Å². The van der Waals surface area contributed by atoms with E-state index < -0.39 is 11.9 Å². The van der Waals surface area contributed by atoms with Crippen LogP contribution in [0.1, 0.15) is 20.7 Å². The summed E-state index contributed by atoms with van der Waals surface area (Å²) in [5.41, 5.74) is 0.497. The van der Waals surface area contributed by atoms with Crippen LogP contribution in [0.2, 0.25) is 0 Å². The molecule has 4 N–H and O–H groups in total. The molecule has 7 nitrogen and oxygen atoms in total. The maximum atomic E-state index is 11.2. The topological polar surface area (TPSA) is 125 Å². The SMILES string of the molecule is O.O=C(O)c1ccc(SC2=C(Sc3ccc(C(=O)O)cc3)SC(=C3SC4=C(OCCO4)S3)S2)cc1. The van der Waals surface area contributed by atoms with E-state index in [0.29, 0.717) is 13.2 Å². The maximum absolute atomic E-state index is 11.2. The Hall–Kier alpha value is -1.74. The van der Waals surface area contributed by atoms with E-state index in [2.05, 4.69) is 0 Å². The van der Waals surface area contributed by atoms with Crippen molar-refractivity contribution in [1.82, 2.24) is 0 Å². The van der Waals surface area contributed by atoms with Gasteiger partial charge in [-0.15, -0.1) is 0 Å². The van der Waals surface area contributed by atoms with Gasteiger partial charge in [0.25, 0.3) is 0 Å². The molecule has 0 bridgehead atoms. The van der Waals surface area contributed by atoms with Crippen molar-refractivity contribution in [2.75, 3.05) is 13.2 Å². The summed E-state index contributed by atoms with van der Waals surface area (Å²) in [6, 6.07) is 13.6. The van der Waals surface area contributed by atoms with Crippen molar-refractivity contribution in [3.05, 3.63) is 86.8 Å². The molecule has 3 aliphatic heterocycles. The Kier molecular flexibility index (Phi) is 8.68. The highest BCUT2D eigenvalue weighted by Gasteiger charge is 2.34. The van der Waals surface area contributed by atoms with Gasteiger partial charge in [0.15, 0.2) is 0 Å². The second-order valence-electron chi connectivity index (χ2n) is 6.69. The van der Waals surface area contributed by atoms with Crippen LogP contribution < -0.4 is 0 Å². The molecule has 2 aromatic rings. The van der Waals surface area contributed by atoms with Crippen LogP contribution in [0.4, 0.5) is 0 Å². The van der Waals surface area contributed by atoms with Crippen molar-refractivity contribution >= 4 is 82.5 Å². The molecule has 3 heterocycles. The number of ether oxygens (including phenoxy) is 2. The highest BCUT2D eigenvalue weighted by molar-refractivity contribution is 8.42. The minimum atomic E-state index is -0.953. The van der Waals surface area contributed by atoms with Crippen LogP contribution in [0.3, 0.4) is 0 Å². The molecule has 0 saturated carbocycles. The van der Waals surface area contributed by atoms with Crippen LogP contribution in [0.25, 0.3) is 0 Å². The number of carboxylic acid groups (broad SMARTS) is 2. The first-order chi connectivity index (χ1) is 16.5. The molecule has 182 valence electrons. The second-order valence-corrected chi connectivity index (χ2v) is 13.9. The van der Waals surface area contributed by atoms with Gasteiger partial charge in [-0.05, 0) is 72.1 Å². The Morgan fingerprint density at radius 3 is 1.40 bits per heavy atom. The van der Waals surface area contributed by atoms with Crippen molar-refractivity contribution in [3.8, 4) is 0 Å². The van der Waals surface area contributed by atoms with Crippen LogP contribution in [0, 0.1) is 0 Å². The van der Waals surface area contributed by atoms with E-state index in [4.69, 9.17) is 19.7 Å². The first-order valence-electron chi connectivity index (χ1n) is 9.68. The monoisotopic (exact) mass is 584 g/mol. The first-order valence-corrected chi connectivity index (χ1v) is 14.6. The lowest BCUT2D eigenvalue weighted by molar-refractivity contribution is 0.0686. The normalized spacial score (nSPS) is 17.0. The van der Waals surface area contributed by atoms with E-state index in [1.807, 2.05) is 24.3 Å². The van der Waals surface area contributed by atoms with Gasteiger partial charge >= 0.3 is 11.9 Å². The van der Waals surface area contributed by atoms with Gasteiger partial charge < -0.3 is 25.2 Å². The summed E-state index contributed by atoms with van der Waals surface area (Å²) in [7, 11) is 0. The van der Waals surface area contributed by atoms with E-state index in [1.54, 1.807) is 94.8 Å². The van der Waals surface area contributed by atoms with Crippen LogP contribution in [0.5, 0.6) is 0 Å². The lowest BCUT2D eigenvalue weighted by Crippen LogP contribution is -2.08. The second kappa shape index (κ2) is 11.5. The average molecular weight is 585 g/mol. The zero-order valence-corrected chi connectivity index (χ0v) is 22.4. The third-order valence-corrected chi connectivity index (χ3v) is 12.7. The third-order valence-electron chi connectivity index (χ3n) is 4.41. The molecule has 5 rings (SSSR count). The molecule has 0 aliphatic carbocycles. The van der Waals surface area contributed by atoms with Crippen LogP contribution >= 0.6 is 70.6 Å². The molecule has 2 aromatic carbocycles. The highest BCUT2D eigenvalue weighted by atomic mass is 32.3. The van der Waals surface area contributed by atoms with E-state index in [9.17, 15) is 9.59 Å². The minimum absolute atomic E-state index is 0. The molecule has 0 radical (unpaired) electrons. The molecule has 0 spiro atoms. The summed E-state index contributed by atoms with van der Waals surface area (Å²) in [5, 5.41) is 19.9. The third kappa shape index (κ3) is 6.16. The van der Waals surface area contributed by atoms with Crippen LogP contribution in [-0.4, -0.2) is 40.8 Å². The number of aromatic carboxylic acids is 2. The smallest absolute Gasteiger partial charge is 0.335 e. The molecular formula is C22H16O7S6. The summed E-state index contributed by atoms with van der Waals surface area (Å²) in [6.07, 6.45) is 0. The fraction of sp³-hybridized carbons (Fsp3) is 0.0909. The number of thioether (sulfide) groups is 6. The van der Waals surface area contributed by atoms with E-state index in [-0.39, 0.29) is 16.6 Å². The number of hydrogen-bond acceptors (Lipinski definition) is 10. The zero-order valence-electron chi connectivity index (χ0n) is 17.5. The molecule has 0 fully saturated rings. The molecule has 0 amide bonds. The predicted molar refractivity (Wildman–Crippen MR) is 145 cm³/mol. The number of hydrogen-bond donors (Lipinski definition) is 2. The molecule has 0 atom stereocenters. The summed E-state index contributed by atoms with van der Waals surface area (Å²) in [4.78, 5) is 24.2. The number of rotatable bonds is 6. The fourth-order valence-corrected chi connectivity index (χ4v) is 11.0. The van der Waals surface area contributed by atoms with Crippen molar-refractivity contribution in [2.45, 2.75) is 9.79 Å². The molecule has 13 heteroatoms. The van der Waals surface area contributed by atoms with Gasteiger partial charge in [0, 0.05) is 9.79 Å². The number of carbonyl (C=O) groups is 2. The fourth-order valence-electron chi connectivity index (χ4n) is 2.83. The standard InChI is InChI=1S/C22H14O6S6.H2O/c23-15(24)11-1-5-13(6-2-11)29-19-20(30-14-7-3-12(4-8-14)16(25)26)34-22(33-19)21-31-17-18(32-21)28-10-9-27-17;/h1-8H,9-10H2,(H,23,24)(H,25,26);1H2. The average Bonchev–Trinajstić information content (AvgIpc) is 3.44. The Morgan fingerprint density at radius 1 is 0.657 bits per heavy atom. The Balaban J connectivity index is 0.00000289. The van der Waals surface area contributed by atoms with E-state index in [1.165, 1.54) is 0 Å². The Bertz CT molecular complexity index is 1160. The van der Waals surface area contributed by atoms with Crippen molar-refractivity contribution in [1.29, 1.82) is 0 Å². The molecule has 35 heavy (non-hydrogen) atoms. The summed E-state index contributed by atoms with van der Waals surface area (Å²) >= 11 is 9.65. The Morgan fingerprint density at radius 2 is 1.03 bits per heavy atom. The van der Waals surface area contributed by atoms with Gasteiger partial charge in [0.2, 0.25) is 10.2 Å². The molecule has 0 saturated heterocycles. The molecule has 0 aromatic heterocycles. The summed E-state index contributed by atoms with van der Waals surface area (Å²) in [6.45, 7) is 1.10. The van der Waals surface area contributed by atoms with Gasteiger partial charge in [0.1, 0.15) is 13.2 Å². The molecular weight excluding hydrogens is 569 g/mol. The van der Waals surface area contributed by atoms with Gasteiger partial charge in [0.05, 0.1) is 28.1 Å². The van der Waals surface area contributed by atoms with E-state index in [0.717, 1.165) is 36.9 Å². The number of benzene rings is 2. The maximum Gasteiger partial charge on any atom is 0.335 e.